The molecule has 3 aromatic carbocycles. The average molecular weight is 757 g/mol. The Morgan fingerprint density at radius 3 is 2.58 bits per heavy atom. The average Bonchev–Trinajstić information content (AvgIpc) is 3.59. The van der Waals surface area contributed by atoms with Gasteiger partial charge in [-0.3, -0.25) is 9.69 Å². The smallest absolute Gasteiger partial charge is 0.352 e. The Bertz CT molecular complexity index is 2110. The van der Waals surface area contributed by atoms with Gasteiger partial charge in [-0.2, -0.15) is 10.2 Å². The SMILES string of the molecule is C/C1=C\c2c(Cl)cc(Cl)c3c(c(C(=O)O)n(C)c23)CCCOc2cc(cc3cc(F)ccc23)SCc2cc(nn2C)CSC/C=N/N1C.CC. The highest BCUT2D eigenvalue weighted by Gasteiger charge is 2.25. The van der Waals surface area contributed by atoms with E-state index < -0.39 is 5.97 Å². The van der Waals surface area contributed by atoms with Crippen LogP contribution in [0.1, 0.15) is 60.2 Å². The highest BCUT2D eigenvalue weighted by atomic mass is 35.5. The molecule has 3 heterocycles. The minimum atomic E-state index is -1.06. The summed E-state index contributed by atoms with van der Waals surface area (Å²) >= 11 is 16.9. The van der Waals surface area contributed by atoms with E-state index in [4.69, 9.17) is 33.0 Å². The molecule has 1 aliphatic heterocycles. The summed E-state index contributed by atoms with van der Waals surface area (Å²) in [6.45, 7) is 6.23. The van der Waals surface area contributed by atoms with E-state index in [-0.39, 0.29) is 11.5 Å². The monoisotopic (exact) mass is 755 g/mol. The molecule has 0 unspecified atom stereocenters. The Morgan fingerprint density at radius 1 is 1.04 bits per heavy atom. The number of benzene rings is 3. The molecule has 0 spiro atoms. The van der Waals surface area contributed by atoms with Crippen LogP contribution in [0.4, 0.5) is 4.39 Å². The van der Waals surface area contributed by atoms with Crippen LogP contribution in [-0.2, 0) is 32.0 Å². The molecule has 0 fully saturated rings. The summed E-state index contributed by atoms with van der Waals surface area (Å²) in [5.41, 5.74) is 4.92. The van der Waals surface area contributed by atoms with Gasteiger partial charge in [0.25, 0.3) is 0 Å². The highest BCUT2D eigenvalue weighted by Crippen LogP contribution is 2.40. The van der Waals surface area contributed by atoms with Gasteiger partial charge in [0, 0.05) is 77.2 Å². The first-order valence-corrected chi connectivity index (χ1v) is 19.2. The quantitative estimate of drug-likeness (QED) is 0.182. The number of ether oxygens (including phenoxy) is 1. The van der Waals surface area contributed by atoms with Crippen LogP contribution in [0.25, 0.3) is 27.8 Å². The molecular formula is C37H40Cl2FN5O3S2. The van der Waals surface area contributed by atoms with Crippen LogP contribution in [0.2, 0.25) is 10.0 Å². The predicted octanol–water partition coefficient (Wildman–Crippen LogP) is 10.1. The van der Waals surface area contributed by atoms with Crippen LogP contribution in [0, 0.1) is 5.82 Å². The molecule has 0 saturated heterocycles. The summed E-state index contributed by atoms with van der Waals surface area (Å²) in [6.07, 6.45) is 4.66. The van der Waals surface area contributed by atoms with Crippen molar-refractivity contribution in [2.24, 2.45) is 19.2 Å². The van der Waals surface area contributed by atoms with Gasteiger partial charge in [-0.05, 0) is 79.3 Å². The fraction of sp³-hybridized carbons (Fsp3) is 0.324. The third-order valence-electron chi connectivity index (χ3n) is 8.36. The highest BCUT2D eigenvalue weighted by molar-refractivity contribution is 7.99. The number of carboxylic acid groups (broad SMARTS) is 1. The number of aromatic carboxylic acids is 1. The number of aryl methyl sites for hydroxylation is 3. The molecule has 8 bridgehead atoms. The molecule has 1 N–H and O–H groups in total. The minimum absolute atomic E-state index is 0.146. The molecule has 0 aliphatic carbocycles. The van der Waals surface area contributed by atoms with E-state index in [1.807, 2.05) is 64.0 Å². The number of hydrogen-bond acceptors (Lipinski definition) is 7. The number of fused-ring (bicyclic) bond motifs is 6. The molecule has 0 atom stereocenters. The number of halogens is 3. The summed E-state index contributed by atoms with van der Waals surface area (Å²) in [4.78, 5) is 13.6. The third-order valence-corrected chi connectivity index (χ3v) is 10.9. The normalized spacial score (nSPS) is 16.3. The van der Waals surface area contributed by atoms with Crippen LogP contribution >= 0.6 is 46.7 Å². The van der Waals surface area contributed by atoms with Crippen molar-refractivity contribution in [1.29, 1.82) is 0 Å². The standard InChI is InChI=1S/C35H34Cl2FN5O3S2.C2H6/c1-20-12-28-29(36)17-30(37)32-27(34(35(44)45)41(2)33(28)32)6-5-10-46-31-16-25(14-21-13-22(38)7-8-26(21)31)48-19-24-15-23(40-43(24)4)18-47-11-9-39-42(20)3;1-2/h7-9,12-17H,5-6,10-11,18-19H2,1-4H3,(H,44,45);1-2H3/b20-12+,39-9+;. The molecule has 2 aromatic heterocycles. The topological polar surface area (TPSA) is 84.9 Å². The molecule has 6 rings (SSSR count). The van der Waals surface area contributed by atoms with Gasteiger partial charge < -0.3 is 14.4 Å². The summed E-state index contributed by atoms with van der Waals surface area (Å²) < 4.78 is 24.2. The second kappa shape index (κ2) is 16.6. The number of hydrazone groups is 1. The molecule has 8 nitrogen and oxygen atoms in total. The largest absolute Gasteiger partial charge is 0.493 e. The first kappa shape index (κ1) is 37.6. The van der Waals surface area contributed by atoms with Crippen molar-refractivity contribution in [1.82, 2.24) is 19.4 Å². The van der Waals surface area contributed by atoms with Crippen molar-refractivity contribution >= 4 is 86.7 Å². The predicted molar refractivity (Wildman–Crippen MR) is 208 cm³/mol. The Morgan fingerprint density at radius 2 is 1.82 bits per heavy atom. The van der Waals surface area contributed by atoms with Crippen LogP contribution in [0.3, 0.4) is 0 Å². The minimum Gasteiger partial charge on any atom is -0.493 e. The number of hydrogen-bond donors (Lipinski definition) is 1. The Balaban J connectivity index is 0.00000239. The third kappa shape index (κ3) is 8.12. The molecule has 50 heavy (non-hydrogen) atoms. The van der Waals surface area contributed by atoms with Gasteiger partial charge in [0.15, 0.2) is 0 Å². The van der Waals surface area contributed by atoms with Crippen LogP contribution in [0.5, 0.6) is 5.75 Å². The van der Waals surface area contributed by atoms with Crippen LogP contribution < -0.4 is 4.74 Å². The van der Waals surface area contributed by atoms with Gasteiger partial charge in [-0.1, -0.05) is 37.0 Å². The molecule has 0 radical (unpaired) electrons. The van der Waals surface area contributed by atoms with E-state index in [0.717, 1.165) is 38.5 Å². The van der Waals surface area contributed by atoms with Crippen molar-refractivity contribution in [2.75, 3.05) is 19.4 Å². The number of nitrogens with zero attached hydrogens (tertiary/aromatic N) is 5. The van der Waals surface area contributed by atoms with Crippen molar-refractivity contribution in [3.05, 3.63) is 92.2 Å². The van der Waals surface area contributed by atoms with Crippen molar-refractivity contribution in [2.45, 2.75) is 50.0 Å². The Labute approximate surface area is 310 Å². The molecule has 0 amide bonds. The second-order valence-electron chi connectivity index (χ2n) is 11.6. The first-order valence-electron chi connectivity index (χ1n) is 16.3. The lowest BCUT2D eigenvalue weighted by Gasteiger charge is -2.15. The lowest BCUT2D eigenvalue weighted by Crippen LogP contribution is -2.09. The number of carboxylic acids is 1. The number of carbonyl (C=O) groups is 1. The number of allylic oxidation sites excluding steroid dienone is 1. The fourth-order valence-electron chi connectivity index (χ4n) is 5.96. The Hall–Kier alpha value is -3.64. The van der Waals surface area contributed by atoms with Gasteiger partial charge in [-0.15, -0.1) is 23.5 Å². The van der Waals surface area contributed by atoms with Crippen molar-refractivity contribution in [3.8, 4) is 5.75 Å². The maximum Gasteiger partial charge on any atom is 0.352 e. The zero-order valence-corrected chi connectivity index (χ0v) is 32.0. The van der Waals surface area contributed by atoms with E-state index in [0.29, 0.717) is 68.8 Å². The lowest BCUT2D eigenvalue weighted by atomic mass is 10.0. The van der Waals surface area contributed by atoms with Crippen LogP contribution in [-0.4, -0.2) is 56.1 Å². The summed E-state index contributed by atoms with van der Waals surface area (Å²) in [6, 6.07) is 12.4. The number of thioether (sulfide) groups is 2. The van der Waals surface area contributed by atoms with Gasteiger partial charge in [0.05, 0.1) is 27.9 Å². The molecular weight excluding hydrogens is 716 g/mol. The van der Waals surface area contributed by atoms with Gasteiger partial charge in [-0.25, -0.2) is 9.18 Å². The Kier molecular flexibility index (Phi) is 12.5. The maximum absolute atomic E-state index is 14.3. The molecule has 264 valence electrons. The second-order valence-corrected chi connectivity index (χ2v) is 14.5. The molecule has 13 heteroatoms. The van der Waals surface area contributed by atoms with E-state index in [9.17, 15) is 14.3 Å². The number of aromatic nitrogens is 3. The van der Waals surface area contributed by atoms with Gasteiger partial charge in [0.1, 0.15) is 17.3 Å². The van der Waals surface area contributed by atoms with Crippen LogP contribution in [0.15, 0.2) is 58.2 Å². The fourth-order valence-corrected chi connectivity index (χ4v) is 8.20. The molecule has 5 aromatic rings. The van der Waals surface area contributed by atoms with Crippen molar-refractivity contribution in [3.63, 3.8) is 0 Å². The first-order chi connectivity index (χ1) is 24.0. The molecule has 1 aliphatic rings. The zero-order valence-electron chi connectivity index (χ0n) is 28.9. The molecule has 0 saturated carbocycles. The number of rotatable bonds is 1. The van der Waals surface area contributed by atoms with E-state index in [1.165, 1.54) is 12.1 Å². The van der Waals surface area contributed by atoms with E-state index in [2.05, 4.69) is 11.2 Å². The maximum atomic E-state index is 14.3. The van der Waals surface area contributed by atoms with Gasteiger partial charge >= 0.3 is 5.97 Å². The zero-order chi connectivity index (χ0) is 36.1. The summed E-state index contributed by atoms with van der Waals surface area (Å²) in [5.74, 6) is 1.36. The van der Waals surface area contributed by atoms with E-state index >= 15 is 0 Å². The lowest BCUT2D eigenvalue weighted by molar-refractivity contribution is 0.0685. The van der Waals surface area contributed by atoms with Gasteiger partial charge in [0.2, 0.25) is 0 Å². The summed E-state index contributed by atoms with van der Waals surface area (Å²) in [5, 5.41) is 24.4. The van der Waals surface area contributed by atoms with Crippen molar-refractivity contribution < 1.29 is 19.0 Å². The summed E-state index contributed by atoms with van der Waals surface area (Å²) in [7, 11) is 5.52. The van der Waals surface area contributed by atoms with E-state index in [1.54, 1.807) is 52.3 Å².